The van der Waals surface area contributed by atoms with Gasteiger partial charge in [-0.15, -0.1) is 6.58 Å². The van der Waals surface area contributed by atoms with Gasteiger partial charge in [-0.25, -0.2) is 0 Å². The van der Waals surface area contributed by atoms with E-state index in [4.69, 9.17) is 4.74 Å². The normalized spacial score (nSPS) is 30.4. The van der Waals surface area contributed by atoms with Crippen LogP contribution in [0.1, 0.15) is 56.1 Å². The molecule has 2 heteroatoms. The van der Waals surface area contributed by atoms with Crippen molar-refractivity contribution in [1.29, 1.82) is 0 Å². The van der Waals surface area contributed by atoms with Gasteiger partial charge in [0.1, 0.15) is 0 Å². The largest absolute Gasteiger partial charge is 0.378 e. The minimum Gasteiger partial charge on any atom is -0.378 e. The molecule has 0 aromatic heterocycles. The van der Waals surface area contributed by atoms with Crippen LogP contribution in [0.4, 0.5) is 0 Å². The zero-order valence-electron chi connectivity index (χ0n) is 15.1. The van der Waals surface area contributed by atoms with E-state index in [2.05, 4.69) is 43.8 Å². The van der Waals surface area contributed by atoms with Gasteiger partial charge in [-0.2, -0.15) is 0 Å². The van der Waals surface area contributed by atoms with Crippen molar-refractivity contribution in [3.63, 3.8) is 0 Å². The molecule has 2 aliphatic rings. The van der Waals surface area contributed by atoms with E-state index in [1.807, 2.05) is 0 Å². The van der Waals surface area contributed by atoms with Crippen LogP contribution in [-0.2, 0) is 32.2 Å². The summed E-state index contributed by atoms with van der Waals surface area (Å²) in [5.74, 6) is 2.33. The molecule has 0 N–H and O–H groups in total. The molecule has 3 rings (SSSR count). The summed E-state index contributed by atoms with van der Waals surface area (Å²) in [5.41, 5.74) is 2.82. The quantitative estimate of drug-likeness (QED) is 0.475. The maximum absolute atomic E-state index is 6.28. The van der Waals surface area contributed by atoms with Crippen molar-refractivity contribution >= 4 is 0 Å². The van der Waals surface area contributed by atoms with Crippen molar-refractivity contribution in [2.45, 2.75) is 64.4 Å². The maximum Gasteiger partial charge on any atom is 0.0603 e. The molecule has 24 heavy (non-hydrogen) atoms. The molecule has 1 nitrogen and oxygen atoms in total. The van der Waals surface area contributed by atoms with Crippen LogP contribution in [0.5, 0.6) is 0 Å². The summed E-state index contributed by atoms with van der Waals surface area (Å²) in [6.45, 7) is 7.09. The van der Waals surface area contributed by atoms with Gasteiger partial charge in [0.2, 0.25) is 0 Å². The predicted octanol–water partition coefficient (Wildman–Crippen LogP) is 5.71. The van der Waals surface area contributed by atoms with Crippen LogP contribution >= 0.6 is 0 Å². The monoisotopic (exact) mass is 496 g/mol. The number of benzene rings is 1. The van der Waals surface area contributed by atoms with Gasteiger partial charge in [0.25, 0.3) is 0 Å². The standard InChI is InChI=1S/C22H32O.W/c1-3-18-10-13-21(14-11-18)22-15-12-20(16-23-22)9-8-19-6-4-17(2)5-7-19;/h3-7,18,20-22H,1,8-16H2,2H3;. The Balaban J connectivity index is 0.00000208. The van der Waals surface area contributed by atoms with Crippen molar-refractivity contribution in [1.82, 2.24) is 0 Å². The molecule has 132 valence electrons. The molecule has 1 saturated heterocycles. The third kappa shape index (κ3) is 5.57. The van der Waals surface area contributed by atoms with Crippen molar-refractivity contribution in [2.75, 3.05) is 6.61 Å². The molecule has 1 heterocycles. The number of hydrogen-bond acceptors (Lipinski definition) is 1. The topological polar surface area (TPSA) is 9.23 Å². The molecule has 1 aliphatic heterocycles. The molecule has 1 aliphatic carbocycles. The van der Waals surface area contributed by atoms with Gasteiger partial charge < -0.3 is 4.74 Å². The maximum atomic E-state index is 6.28. The summed E-state index contributed by atoms with van der Waals surface area (Å²) < 4.78 is 6.28. The first-order chi connectivity index (χ1) is 11.2. The summed E-state index contributed by atoms with van der Waals surface area (Å²) in [6.07, 6.45) is 13.1. The van der Waals surface area contributed by atoms with Gasteiger partial charge in [0, 0.05) is 27.7 Å². The minimum absolute atomic E-state index is 0. The number of ether oxygens (including phenoxy) is 1. The van der Waals surface area contributed by atoms with E-state index >= 15 is 0 Å². The van der Waals surface area contributed by atoms with Gasteiger partial charge in [0.05, 0.1) is 6.10 Å². The molecular weight excluding hydrogens is 464 g/mol. The van der Waals surface area contributed by atoms with Gasteiger partial charge >= 0.3 is 0 Å². The van der Waals surface area contributed by atoms with Crippen LogP contribution in [0.15, 0.2) is 36.9 Å². The van der Waals surface area contributed by atoms with E-state index in [0.717, 1.165) is 24.4 Å². The van der Waals surface area contributed by atoms with Gasteiger partial charge in [-0.3, -0.25) is 0 Å². The molecule has 0 bridgehead atoms. The van der Waals surface area contributed by atoms with E-state index in [9.17, 15) is 0 Å². The third-order valence-electron chi connectivity index (χ3n) is 6.04. The van der Waals surface area contributed by atoms with Crippen LogP contribution in [0.3, 0.4) is 0 Å². The number of hydrogen-bond donors (Lipinski definition) is 0. The van der Waals surface area contributed by atoms with Gasteiger partial charge in [0.15, 0.2) is 0 Å². The average Bonchev–Trinajstić information content (AvgIpc) is 2.62. The van der Waals surface area contributed by atoms with Crippen LogP contribution in [0, 0.1) is 24.7 Å². The Morgan fingerprint density at radius 1 is 1.04 bits per heavy atom. The minimum atomic E-state index is 0. The SMILES string of the molecule is C=CC1CCC(C2CCC(CCc3ccc(C)cc3)CO2)CC1.[W]. The second-order valence-electron chi connectivity index (χ2n) is 7.75. The number of allylic oxidation sites excluding steroid dienone is 1. The molecule has 0 radical (unpaired) electrons. The zero-order valence-corrected chi connectivity index (χ0v) is 18.0. The second-order valence-corrected chi connectivity index (χ2v) is 7.75. The van der Waals surface area contributed by atoms with E-state index in [-0.39, 0.29) is 21.1 Å². The Morgan fingerprint density at radius 2 is 1.75 bits per heavy atom. The Kier molecular flexibility index (Phi) is 8.24. The summed E-state index contributed by atoms with van der Waals surface area (Å²) in [6, 6.07) is 9.00. The molecule has 0 spiro atoms. The molecule has 2 fully saturated rings. The Morgan fingerprint density at radius 3 is 2.33 bits per heavy atom. The molecule has 1 aromatic carbocycles. The molecule has 2 atom stereocenters. The van der Waals surface area contributed by atoms with Gasteiger partial charge in [-0.05, 0) is 81.6 Å². The fraction of sp³-hybridized carbons (Fsp3) is 0.636. The van der Waals surface area contributed by atoms with Gasteiger partial charge in [-0.1, -0.05) is 35.9 Å². The van der Waals surface area contributed by atoms with Crippen molar-refractivity contribution in [3.8, 4) is 0 Å². The smallest absolute Gasteiger partial charge is 0.0603 e. The summed E-state index contributed by atoms with van der Waals surface area (Å²) >= 11 is 0. The Bertz CT molecular complexity index is 479. The molecule has 1 saturated carbocycles. The number of aryl methyl sites for hydroxylation is 2. The average molecular weight is 496 g/mol. The molecule has 0 amide bonds. The molecule has 1 aromatic rings. The van der Waals surface area contributed by atoms with Crippen molar-refractivity contribution in [3.05, 3.63) is 48.0 Å². The molecular formula is C22H32OW. The van der Waals surface area contributed by atoms with E-state index in [1.54, 1.807) is 0 Å². The predicted molar refractivity (Wildman–Crippen MR) is 97.6 cm³/mol. The summed E-state index contributed by atoms with van der Waals surface area (Å²) in [4.78, 5) is 0. The fourth-order valence-electron chi connectivity index (χ4n) is 4.30. The first kappa shape index (κ1) is 19.9. The fourth-order valence-corrected chi connectivity index (χ4v) is 4.30. The second kappa shape index (κ2) is 9.93. The van der Waals surface area contributed by atoms with E-state index in [1.165, 1.54) is 62.5 Å². The van der Waals surface area contributed by atoms with E-state index < -0.39 is 0 Å². The van der Waals surface area contributed by atoms with E-state index in [0.29, 0.717) is 6.10 Å². The van der Waals surface area contributed by atoms with Crippen molar-refractivity contribution < 1.29 is 25.8 Å². The summed E-state index contributed by atoms with van der Waals surface area (Å²) in [5, 5.41) is 0. The number of rotatable bonds is 5. The van der Waals surface area contributed by atoms with Crippen molar-refractivity contribution in [2.24, 2.45) is 17.8 Å². The first-order valence-corrected chi connectivity index (χ1v) is 9.54. The van der Waals surface area contributed by atoms with Crippen LogP contribution in [-0.4, -0.2) is 12.7 Å². The molecule has 2 unspecified atom stereocenters. The Labute approximate surface area is 162 Å². The Hall–Kier alpha value is -0.392. The van der Waals surface area contributed by atoms with Crippen LogP contribution in [0.2, 0.25) is 0 Å². The van der Waals surface area contributed by atoms with Crippen LogP contribution in [0.25, 0.3) is 0 Å². The van der Waals surface area contributed by atoms with Crippen LogP contribution < -0.4 is 0 Å². The summed E-state index contributed by atoms with van der Waals surface area (Å²) in [7, 11) is 0. The third-order valence-corrected chi connectivity index (χ3v) is 6.04. The zero-order chi connectivity index (χ0) is 16.1. The first-order valence-electron chi connectivity index (χ1n) is 9.54.